The number of nitriles is 1. The smallest absolute Gasteiger partial charge is 0.147 e. The van der Waals surface area contributed by atoms with Gasteiger partial charge < -0.3 is 5.32 Å². The Bertz CT molecular complexity index is 339. The van der Waals surface area contributed by atoms with Crippen LogP contribution in [0.3, 0.4) is 0 Å². The first-order valence-electron chi connectivity index (χ1n) is 5.13. The highest BCUT2D eigenvalue weighted by Gasteiger charge is 2.05. The lowest BCUT2D eigenvalue weighted by Crippen LogP contribution is -2.13. The molecule has 0 bridgehead atoms. The van der Waals surface area contributed by atoms with E-state index in [1.807, 2.05) is 33.8 Å². The molecule has 1 N–H and O–H groups in total. The largest absolute Gasteiger partial charge is 0.367 e. The fraction of sp³-hybridized carbons (Fsp3) is 0.545. The summed E-state index contributed by atoms with van der Waals surface area (Å²) >= 11 is 0. The van der Waals surface area contributed by atoms with Gasteiger partial charge in [0.15, 0.2) is 0 Å². The van der Waals surface area contributed by atoms with Crippen LogP contribution in [-0.2, 0) is 0 Å². The molecule has 4 nitrogen and oxygen atoms in total. The van der Waals surface area contributed by atoms with Crippen molar-refractivity contribution in [3.63, 3.8) is 0 Å². The Labute approximate surface area is 91.4 Å². The molecule has 0 aliphatic carbocycles. The molecule has 1 rings (SSSR count). The lowest BCUT2D eigenvalue weighted by Gasteiger charge is -2.09. The zero-order valence-corrected chi connectivity index (χ0v) is 10.00. The molecule has 1 aromatic rings. The van der Waals surface area contributed by atoms with E-state index in [0.29, 0.717) is 17.2 Å². The van der Waals surface area contributed by atoms with Crippen molar-refractivity contribution >= 4 is 5.82 Å². The molecule has 82 valence electrons. The van der Waals surface area contributed by atoms with Crippen LogP contribution in [0, 0.1) is 18.3 Å². The summed E-state index contributed by atoms with van der Waals surface area (Å²) in [6, 6.07) is 2.31. The summed E-state index contributed by atoms with van der Waals surface area (Å²) in [4.78, 5) is 8.08. The number of aryl methyl sites for hydroxylation is 1. The molecular formula is C11H18N4. The topological polar surface area (TPSA) is 61.6 Å². The van der Waals surface area contributed by atoms with Gasteiger partial charge in [0.1, 0.15) is 23.3 Å². The third-order valence-corrected chi connectivity index (χ3v) is 1.46. The molecule has 15 heavy (non-hydrogen) atoms. The van der Waals surface area contributed by atoms with E-state index in [9.17, 15) is 0 Å². The van der Waals surface area contributed by atoms with Crippen LogP contribution in [0.4, 0.5) is 5.82 Å². The van der Waals surface area contributed by atoms with Crippen LogP contribution >= 0.6 is 0 Å². The van der Waals surface area contributed by atoms with E-state index in [1.54, 1.807) is 6.92 Å². The van der Waals surface area contributed by atoms with E-state index >= 15 is 0 Å². The van der Waals surface area contributed by atoms with Gasteiger partial charge in [-0.05, 0) is 20.8 Å². The van der Waals surface area contributed by atoms with Gasteiger partial charge in [-0.3, -0.25) is 0 Å². The van der Waals surface area contributed by atoms with E-state index < -0.39 is 0 Å². The third-order valence-electron chi connectivity index (χ3n) is 1.46. The number of aromatic nitrogens is 2. The van der Waals surface area contributed by atoms with Gasteiger partial charge in [0.2, 0.25) is 0 Å². The molecule has 0 aliphatic rings. The first-order valence-corrected chi connectivity index (χ1v) is 5.13. The number of hydrogen-bond acceptors (Lipinski definition) is 4. The summed E-state index contributed by atoms with van der Waals surface area (Å²) in [5, 5.41) is 11.8. The van der Waals surface area contributed by atoms with Crippen molar-refractivity contribution in [1.29, 1.82) is 5.26 Å². The van der Waals surface area contributed by atoms with E-state index in [1.165, 1.54) is 6.20 Å². The average molecular weight is 206 g/mol. The quantitative estimate of drug-likeness (QED) is 0.807. The fourth-order valence-electron chi connectivity index (χ4n) is 0.935. The van der Waals surface area contributed by atoms with Crippen molar-refractivity contribution in [2.45, 2.75) is 40.7 Å². The number of rotatable bonds is 2. The molecule has 0 saturated carbocycles. The summed E-state index contributed by atoms with van der Waals surface area (Å²) in [6.07, 6.45) is 1.53. The Hall–Kier alpha value is -1.63. The molecule has 4 heteroatoms. The monoisotopic (exact) mass is 206 g/mol. The molecule has 0 spiro atoms. The normalized spacial score (nSPS) is 8.87. The minimum atomic E-state index is 0.265. The van der Waals surface area contributed by atoms with Crippen LogP contribution in [-0.4, -0.2) is 16.0 Å². The van der Waals surface area contributed by atoms with Crippen molar-refractivity contribution < 1.29 is 0 Å². The Morgan fingerprint density at radius 2 is 2.00 bits per heavy atom. The standard InChI is InChI=1S/C9H12N4.C2H6/c1-6(2)12-9-8(4-10)5-11-7(3)13-9;1-2/h5-6H,1-3H3,(H,11,12,13);1-2H3. The minimum absolute atomic E-state index is 0.265. The summed E-state index contributed by atoms with van der Waals surface area (Å²) in [5.41, 5.74) is 0.485. The summed E-state index contributed by atoms with van der Waals surface area (Å²) in [5.74, 6) is 1.28. The summed E-state index contributed by atoms with van der Waals surface area (Å²) < 4.78 is 0. The number of hydrogen-bond donors (Lipinski definition) is 1. The van der Waals surface area contributed by atoms with Gasteiger partial charge in [-0.25, -0.2) is 9.97 Å². The van der Waals surface area contributed by atoms with E-state index in [2.05, 4.69) is 15.3 Å². The zero-order chi connectivity index (χ0) is 11.8. The van der Waals surface area contributed by atoms with Crippen molar-refractivity contribution in [3.05, 3.63) is 17.6 Å². The molecular weight excluding hydrogens is 188 g/mol. The average Bonchev–Trinajstić information content (AvgIpc) is 2.20. The molecule has 0 radical (unpaired) electrons. The van der Waals surface area contributed by atoms with E-state index in [0.717, 1.165) is 0 Å². The predicted molar refractivity (Wildman–Crippen MR) is 61.6 cm³/mol. The highest BCUT2D eigenvalue weighted by molar-refractivity contribution is 5.50. The molecule has 0 aromatic carbocycles. The Kier molecular flexibility index (Phi) is 6.03. The van der Waals surface area contributed by atoms with Crippen LogP contribution in [0.2, 0.25) is 0 Å². The van der Waals surface area contributed by atoms with Gasteiger partial charge in [-0.15, -0.1) is 0 Å². The summed E-state index contributed by atoms with van der Waals surface area (Å²) in [7, 11) is 0. The van der Waals surface area contributed by atoms with Crippen molar-refractivity contribution in [1.82, 2.24) is 9.97 Å². The second-order valence-corrected chi connectivity index (χ2v) is 3.09. The van der Waals surface area contributed by atoms with Gasteiger partial charge in [-0.2, -0.15) is 5.26 Å². The van der Waals surface area contributed by atoms with Crippen LogP contribution < -0.4 is 5.32 Å². The summed E-state index contributed by atoms with van der Waals surface area (Å²) in [6.45, 7) is 9.80. The zero-order valence-electron chi connectivity index (χ0n) is 10.00. The second kappa shape index (κ2) is 6.77. The Balaban J connectivity index is 0.000000921. The van der Waals surface area contributed by atoms with Gasteiger partial charge >= 0.3 is 0 Å². The lowest BCUT2D eigenvalue weighted by molar-refractivity contribution is 0.878. The van der Waals surface area contributed by atoms with E-state index in [-0.39, 0.29) is 6.04 Å². The molecule has 0 unspecified atom stereocenters. The van der Waals surface area contributed by atoms with E-state index in [4.69, 9.17) is 5.26 Å². The Morgan fingerprint density at radius 3 is 2.47 bits per heavy atom. The highest BCUT2D eigenvalue weighted by Crippen LogP contribution is 2.10. The number of nitrogens with zero attached hydrogens (tertiary/aromatic N) is 3. The molecule has 0 fully saturated rings. The fourth-order valence-corrected chi connectivity index (χ4v) is 0.935. The molecule has 0 atom stereocenters. The van der Waals surface area contributed by atoms with Crippen molar-refractivity contribution in [2.24, 2.45) is 0 Å². The molecule has 1 heterocycles. The third kappa shape index (κ3) is 4.41. The second-order valence-electron chi connectivity index (χ2n) is 3.09. The highest BCUT2D eigenvalue weighted by atomic mass is 15.0. The van der Waals surface area contributed by atoms with Crippen LogP contribution in [0.15, 0.2) is 6.20 Å². The van der Waals surface area contributed by atoms with Gasteiger partial charge in [0, 0.05) is 6.04 Å². The lowest BCUT2D eigenvalue weighted by atomic mass is 10.3. The maximum Gasteiger partial charge on any atom is 0.147 e. The maximum absolute atomic E-state index is 8.75. The van der Waals surface area contributed by atoms with Crippen LogP contribution in [0.25, 0.3) is 0 Å². The van der Waals surface area contributed by atoms with Crippen molar-refractivity contribution in [3.8, 4) is 6.07 Å². The molecule has 0 aliphatic heterocycles. The van der Waals surface area contributed by atoms with Gasteiger partial charge in [0.05, 0.1) is 6.20 Å². The van der Waals surface area contributed by atoms with Gasteiger partial charge in [-0.1, -0.05) is 13.8 Å². The minimum Gasteiger partial charge on any atom is -0.367 e. The Morgan fingerprint density at radius 1 is 1.40 bits per heavy atom. The first-order chi connectivity index (χ1) is 7.13. The first kappa shape index (κ1) is 13.4. The number of anilines is 1. The molecule has 1 aromatic heterocycles. The predicted octanol–water partition coefficient (Wildman–Crippen LogP) is 2.50. The SMILES string of the molecule is CC.Cc1ncc(C#N)c(NC(C)C)n1. The van der Waals surface area contributed by atoms with Crippen LogP contribution in [0.1, 0.15) is 39.1 Å². The van der Waals surface area contributed by atoms with Gasteiger partial charge in [0.25, 0.3) is 0 Å². The van der Waals surface area contributed by atoms with Crippen molar-refractivity contribution in [2.75, 3.05) is 5.32 Å². The number of nitrogens with one attached hydrogen (secondary N) is 1. The van der Waals surface area contributed by atoms with Crippen LogP contribution in [0.5, 0.6) is 0 Å². The molecule has 0 amide bonds. The maximum atomic E-state index is 8.75. The molecule has 0 saturated heterocycles.